The Morgan fingerprint density at radius 2 is 0.707 bits per heavy atom. The molecule has 4 rings (SSSR count). The van der Waals surface area contributed by atoms with E-state index in [0.717, 1.165) is 31.2 Å². The summed E-state index contributed by atoms with van der Waals surface area (Å²) in [5.74, 6) is -23.2. The van der Waals surface area contributed by atoms with E-state index in [1.165, 1.54) is 24.3 Å². The van der Waals surface area contributed by atoms with Gasteiger partial charge in [-0.25, -0.2) is 49.1 Å². The minimum atomic E-state index is -2.44. The Bertz CT molecular complexity index is 1500. The van der Waals surface area contributed by atoms with E-state index in [1.807, 2.05) is 0 Å². The average Bonchev–Trinajstić information content (AvgIpc) is 2.95. The van der Waals surface area contributed by atoms with Crippen LogP contribution in [0.5, 0.6) is 23.0 Å². The van der Waals surface area contributed by atoms with E-state index >= 15 is 0 Å². The molecule has 0 amide bonds. The van der Waals surface area contributed by atoms with Crippen LogP contribution < -0.4 is 14.2 Å². The lowest BCUT2D eigenvalue weighted by atomic mass is 10.1. The van der Waals surface area contributed by atoms with Gasteiger partial charge in [0.05, 0.1) is 0 Å². The second-order valence-corrected chi connectivity index (χ2v) is 8.02. The number of carbonyl (C=O) groups excluding carboxylic acids is 2. The molecule has 4 aromatic carbocycles. The fourth-order valence-electron chi connectivity index (χ4n) is 3.31. The van der Waals surface area contributed by atoms with E-state index in [-0.39, 0.29) is 23.0 Å². The van der Waals surface area contributed by atoms with Crippen LogP contribution in [0.15, 0.2) is 48.5 Å². The van der Waals surface area contributed by atoms with Crippen LogP contribution >= 0.6 is 0 Å². The molecule has 0 saturated heterocycles. The molecule has 0 N–H and O–H groups in total. The summed E-state index contributed by atoms with van der Waals surface area (Å²) in [6.07, 6.45) is 0. The molecule has 0 aliphatic rings. The Morgan fingerprint density at radius 1 is 0.439 bits per heavy atom. The van der Waals surface area contributed by atoms with Crippen LogP contribution in [-0.2, 0) is 0 Å². The van der Waals surface area contributed by atoms with Crippen LogP contribution in [0.25, 0.3) is 0 Å². The third-order valence-electron chi connectivity index (χ3n) is 5.41. The molecule has 0 radical (unpaired) electrons. The summed E-state index contributed by atoms with van der Waals surface area (Å²) in [6, 6.07) is 9.21. The second-order valence-electron chi connectivity index (χ2n) is 8.02. The quantitative estimate of drug-likeness (QED) is 0.0771. The minimum Gasteiger partial charge on any atom is -0.457 e. The number of hydrogen-bond donors (Lipinski definition) is 0. The lowest BCUT2D eigenvalue weighted by Crippen LogP contribution is -2.17. The Labute approximate surface area is 223 Å². The normalized spacial score (nSPS) is 10.9. The predicted octanol–water partition coefficient (Wildman–Crippen LogP) is 7.48. The maximum atomic E-state index is 14.0. The van der Waals surface area contributed by atoms with Gasteiger partial charge in [0.1, 0.15) is 34.1 Å². The molecule has 0 atom stereocenters. The molecule has 0 aromatic heterocycles. The van der Waals surface area contributed by atoms with Crippen LogP contribution in [0, 0.1) is 59.3 Å². The van der Waals surface area contributed by atoms with Crippen molar-refractivity contribution in [1.29, 1.82) is 0 Å². The molecule has 4 aromatic rings. The van der Waals surface area contributed by atoms with Crippen molar-refractivity contribution in [3.8, 4) is 23.0 Å². The SMILES string of the molecule is Cc1c(F)c(F)c(C(=O)Oc2ccc(Oc3ccc(OC(=O)c4c(F)c(F)c(F)c(F)c4F)cc3)cc2)c(F)c1F. The maximum absolute atomic E-state index is 14.0. The number of ether oxygens (including phenoxy) is 3. The number of rotatable bonds is 6. The molecule has 212 valence electrons. The fourth-order valence-corrected chi connectivity index (χ4v) is 3.31. The van der Waals surface area contributed by atoms with Crippen LogP contribution in [0.4, 0.5) is 39.5 Å². The molecule has 0 aliphatic heterocycles. The highest BCUT2D eigenvalue weighted by atomic mass is 19.2. The maximum Gasteiger partial charge on any atom is 0.349 e. The zero-order chi connectivity index (χ0) is 30.2. The first-order valence-electron chi connectivity index (χ1n) is 11.0. The van der Waals surface area contributed by atoms with Gasteiger partial charge in [0.25, 0.3) is 0 Å². The molecule has 0 saturated carbocycles. The third-order valence-corrected chi connectivity index (χ3v) is 5.41. The highest BCUT2D eigenvalue weighted by Gasteiger charge is 2.31. The summed E-state index contributed by atoms with van der Waals surface area (Å²) in [6.45, 7) is 0.783. The van der Waals surface area contributed by atoms with E-state index < -0.39 is 81.0 Å². The lowest BCUT2D eigenvalue weighted by molar-refractivity contribution is 0.0711. The van der Waals surface area contributed by atoms with Gasteiger partial charge in [-0.3, -0.25) is 0 Å². The molecular weight excluding hydrogens is 575 g/mol. The van der Waals surface area contributed by atoms with Crippen molar-refractivity contribution in [2.45, 2.75) is 6.92 Å². The standard InChI is InChI=1S/C27H11F9O5/c1-10-17(28)19(30)15(20(31)18(10)29)26(37)40-13-6-2-11(3-7-13)39-12-4-8-14(9-5-12)41-27(38)16-21(32)23(34)25(36)24(35)22(16)33/h2-9H,1H3. The third kappa shape index (κ3) is 5.53. The predicted molar refractivity (Wildman–Crippen MR) is 120 cm³/mol. The number of hydrogen-bond acceptors (Lipinski definition) is 5. The summed E-state index contributed by atoms with van der Waals surface area (Å²) in [5.41, 5.74) is -4.30. The molecule has 5 nitrogen and oxygen atoms in total. The Hall–Kier alpha value is -5.01. The van der Waals surface area contributed by atoms with Gasteiger partial charge in [-0.05, 0) is 55.5 Å². The van der Waals surface area contributed by atoms with Gasteiger partial charge in [-0.1, -0.05) is 0 Å². The molecule has 0 bridgehead atoms. The van der Waals surface area contributed by atoms with Crippen molar-refractivity contribution >= 4 is 11.9 Å². The van der Waals surface area contributed by atoms with Gasteiger partial charge in [0.2, 0.25) is 5.82 Å². The largest absolute Gasteiger partial charge is 0.457 e. The van der Waals surface area contributed by atoms with Gasteiger partial charge in [-0.15, -0.1) is 0 Å². The van der Waals surface area contributed by atoms with Crippen LogP contribution in [0.3, 0.4) is 0 Å². The Balaban J connectivity index is 1.42. The zero-order valence-corrected chi connectivity index (χ0v) is 20.1. The highest BCUT2D eigenvalue weighted by Crippen LogP contribution is 2.29. The lowest BCUT2D eigenvalue weighted by Gasteiger charge is -2.11. The first-order chi connectivity index (χ1) is 19.3. The van der Waals surface area contributed by atoms with Crippen molar-refractivity contribution in [1.82, 2.24) is 0 Å². The topological polar surface area (TPSA) is 61.8 Å². The summed E-state index contributed by atoms with van der Waals surface area (Å²) >= 11 is 0. The molecule has 14 heteroatoms. The van der Waals surface area contributed by atoms with Crippen molar-refractivity contribution in [2.75, 3.05) is 0 Å². The van der Waals surface area contributed by atoms with Gasteiger partial charge >= 0.3 is 11.9 Å². The molecule has 0 fully saturated rings. The van der Waals surface area contributed by atoms with Gasteiger partial charge in [0, 0.05) is 5.56 Å². The smallest absolute Gasteiger partial charge is 0.349 e. The fraction of sp³-hybridized carbons (Fsp3) is 0.0370. The van der Waals surface area contributed by atoms with Gasteiger partial charge < -0.3 is 14.2 Å². The van der Waals surface area contributed by atoms with Crippen molar-refractivity contribution in [2.24, 2.45) is 0 Å². The molecule has 41 heavy (non-hydrogen) atoms. The first kappa shape index (κ1) is 29.0. The monoisotopic (exact) mass is 586 g/mol. The number of carbonyl (C=O) groups is 2. The zero-order valence-electron chi connectivity index (χ0n) is 20.1. The summed E-state index contributed by atoms with van der Waals surface area (Å²) in [4.78, 5) is 24.2. The molecule has 0 spiro atoms. The number of esters is 2. The molecular formula is C27H11F9O5. The second kappa shape index (κ2) is 11.2. The van der Waals surface area contributed by atoms with Crippen molar-refractivity contribution in [3.63, 3.8) is 0 Å². The summed E-state index contributed by atoms with van der Waals surface area (Å²) in [5, 5.41) is 0. The average molecular weight is 586 g/mol. The van der Waals surface area contributed by atoms with E-state index in [9.17, 15) is 49.1 Å². The van der Waals surface area contributed by atoms with E-state index in [1.54, 1.807) is 0 Å². The Kier molecular flexibility index (Phi) is 7.94. The summed E-state index contributed by atoms with van der Waals surface area (Å²) in [7, 11) is 0. The van der Waals surface area contributed by atoms with Crippen LogP contribution in [0.2, 0.25) is 0 Å². The minimum absolute atomic E-state index is 0.0838. The van der Waals surface area contributed by atoms with Gasteiger partial charge in [-0.2, -0.15) is 0 Å². The highest BCUT2D eigenvalue weighted by molar-refractivity contribution is 5.92. The first-order valence-corrected chi connectivity index (χ1v) is 11.0. The Morgan fingerprint density at radius 3 is 1.05 bits per heavy atom. The molecule has 0 aliphatic carbocycles. The molecule has 0 unspecified atom stereocenters. The molecule has 0 heterocycles. The van der Waals surface area contributed by atoms with Gasteiger partial charge in [0.15, 0.2) is 46.5 Å². The van der Waals surface area contributed by atoms with Crippen molar-refractivity contribution < 1.29 is 63.3 Å². The van der Waals surface area contributed by atoms with E-state index in [2.05, 4.69) is 4.74 Å². The van der Waals surface area contributed by atoms with E-state index in [0.29, 0.717) is 0 Å². The number of benzene rings is 4. The summed E-state index contributed by atoms with van der Waals surface area (Å²) < 4.78 is 138. The van der Waals surface area contributed by atoms with Crippen LogP contribution in [0.1, 0.15) is 26.3 Å². The van der Waals surface area contributed by atoms with Crippen molar-refractivity contribution in [3.05, 3.63) is 118 Å². The van der Waals surface area contributed by atoms with E-state index in [4.69, 9.17) is 9.47 Å². The number of halogens is 9. The van der Waals surface area contributed by atoms with Crippen LogP contribution in [-0.4, -0.2) is 11.9 Å².